The number of ether oxygens (including phenoxy) is 2. The zero-order valence-electron chi connectivity index (χ0n) is 24.2. The first kappa shape index (κ1) is 31.2. The number of benzene rings is 3. The standard InChI is InChI=1S/C29H29N7O8/c1-34(16-4-5-29(39)44-35-27(37)14-15-28(35)38)21-10-6-19(7-11-21)30-32-23-17-26(43-3)24(18-25(23)42-2)33-31-20-8-12-22(13-9-20)36(40)41/h6-13,17-18H,4-5,14-16H2,1-3H3/b32-30+,33-31+. The summed E-state index contributed by atoms with van der Waals surface area (Å²) < 4.78 is 10.9. The van der Waals surface area contributed by atoms with Gasteiger partial charge < -0.3 is 19.2 Å². The molecule has 0 radical (unpaired) electrons. The van der Waals surface area contributed by atoms with Crippen LogP contribution in [-0.4, -0.2) is 55.6 Å². The smallest absolute Gasteiger partial charge is 0.333 e. The Balaban J connectivity index is 1.35. The summed E-state index contributed by atoms with van der Waals surface area (Å²) in [6, 6.07) is 16.1. The monoisotopic (exact) mass is 603 g/mol. The molecule has 0 bridgehead atoms. The highest BCUT2D eigenvalue weighted by Crippen LogP contribution is 2.41. The molecule has 2 amide bonds. The summed E-state index contributed by atoms with van der Waals surface area (Å²) in [7, 11) is 4.82. The number of nitrogens with zero attached hydrogens (tertiary/aromatic N) is 7. The van der Waals surface area contributed by atoms with Crippen molar-refractivity contribution in [2.45, 2.75) is 25.7 Å². The number of hydrogen-bond donors (Lipinski definition) is 0. The zero-order chi connectivity index (χ0) is 31.6. The average Bonchev–Trinajstić information content (AvgIpc) is 3.34. The highest BCUT2D eigenvalue weighted by atomic mass is 16.7. The quantitative estimate of drug-likeness (QED) is 0.0942. The van der Waals surface area contributed by atoms with Crippen molar-refractivity contribution in [3.8, 4) is 11.5 Å². The number of anilines is 1. The molecule has 0 atom stereocenters. The van der Waals surface area contributed by atoms with Crippen molar-refractivity contribution < 1.29 is 33.6 Å². The van der Waals surface area contributed by atoms with E-state index in [0.717, 1.165) is 5.69 Å². The van der Waals surface area contributed by atoms with Gasteiger partial charge in [-0.25, -0.2) is 4.79 Å². The third kappa shape index (κ3) is 7.96. The van der Waals surface area contributed by atoms with Crippen LogP contribution in [0.5, 0.6) is 11.5 Å². The molecule has 3 aromatic rings. The minimum Gasteiger partial charge on any atom is -0.494 e. The van der Waals surface area contributed by atoms with E-state index in [1.807, 2.05) is 24.1 Å². The van der Waals surface area contributed by atoms with Gasteiger partial charge in [-0.15, -0.1) is 15.3 Å². The average molecular weight is 604 g/mol. The van der Waals surface area contributed by atoms with Crippen LogP contribution in [0.4, 0.5) is 34.1 Å². The molecule has 0 N–H and O–H groups in total. The number of hydrogen-bond acceptors (Lipinski definition) is 13. The van der Waals surface area contributed by atoms with Crippen LogP contribution in [0.1, 0.15) is 25.7 Å². The highest BCUT2D eigenvalue weighted by molar-refractivity contribution is 6.01. The number of hydroxylamine groups is 2. The molecule has 1 saturated heterocycles. The molecule has 44 heavy (non-hydrogen) atoms. The van der Waals surface area contributed by atoms with Crippen molar-refractivity contribution in [2.24, 2.45) is 20.5 Å². The molecule has 15 nitrogen and oxygen atoms in total. The van der Waals surface area contributed by atoms with E-state index in [1.165, 1.54) is 38.5 Å². The Morgan fingerprint density at radius 2 is 1.36 bits per heavy atom. The molecule has 3 aromatic carbocycles. The Kier molecular flexibility index (Phi) is 10.2. The van der Waals surface area contributed by atoms with Gasteiger partial charge in [0.25, 0.3) is 17.5 Å². The van der Waals surface area contributed by atoms with Gasteiger partial charge in [0.05, 0.1) is 30.5 Å². The van der Waals surface area contributed by atoms with Crippen LogP contribution in [-0.2, 0) is 19.2 Å². The van der Waals surface area contributed by atoms with Crippen LogP contribution >= 0.6 is 0 Å². The van der Waals surface area contributed by atoms with Gasteiger partial charge in [-0.1, -0.05) is 0 Å². The molecular weight excluding hydrogens is 574 g/mol. The molecule has 4 rings (SSSR count). The van der Waals surface area contributed by atoms with Crippen LogP contribution in [0.15, 0.2) is 81.1 Å². The van der Waals surface area contributed by atoms with Crippen LogP contribution in [0.25, 0.3) is 0 Å². The molecule has 0 aliphatic carbocycles. The molecule has 0 saturated carbocycles. The van der Waals surface area contributed by atoms with Gasteiger partial charge >= 0.3 is 5.97 Å². The molecule has 0 unspecified atom stereocenters. The van der Waals surface area contributed by atoms with E-state index in [1.54, 1.807) is 24.3 Å². The Hall–Kier alpha value is -5.73. The Morgan fingerprint density at radius 1 is 0.864 bits per heavy atom. The number of amides is 2. The predicted molar refractivity (Wildman–Crippen MR) is 157 cm³/mol. The fraction of sp³-hybridized carbons (Fsp3) is 0.276. The second kappa shape index (κ2) is 14.4. The van der Waals surface area contributed by atoms with E-state index < -0.39 is 22.7 Å². The SMILES string of the molecule is COc1cc(/N=N/c2ccc([N+](=O)[O-])cc2)c(OC)cc1/N=N/c1ccc(N(C)CCCC(=O)ON2C(=O)CCC2=O)cc1. The second-order valence-electron chi connectivity index (χ2n) is 9.46. The number of methoxy groups -OCH3 is 2. The van der Waals surface area contributed by atoms with Gasteiger partial charge in [-0.3, -0.25) is 19.7 Å². The topological polar surface area (TPSA) is 178 Å². The van der Waals surface area contributed by atoms with Crippen molar-refractivity contribution in [2.75, 3.05) is 32.7 Å². The number of carbonyl (C=O) groups is 3. The Morgan fingerprint density at radius 3 is 1.84 bits per heavy atom. The number of nitro benzene ring substituents is 1. The van der Waals surface area contributed by atoms with Gasteiger partial charge in [0.15, 0.2) is 0 Å². The van der Waals surface area contributed by atoms with Crippen LogP contribution in [0.3, 0.4) is 0 Å². The van der Waals surface area contributed by atoms with Crippen molar-refractivity contribution >= 4 is 51.9 Å². The summed E-state index contributed by atoms with van der Waals surface area (Å²) in [5.74, 6) is -0.901. The first-order chi connectivity index (χ1) is 21.2. The molecule has 1 aliphatic rings. The number of azo groups is 2. The zero-order valence-corrected chi connectivity index (χ0v) is 24.2. The summed E-state index contributed by atoms with van der Waals surface area (Å²) in [4.78, 5) is 52.4. The van der Waals surface area contributed by atoms with Crippen molar-refractivity contribution in [3.05, 3.63) is 70.8 Å². The molecule has 228 valence electrons. The van der Waals surface area contributed by atoms with Crippen LogP contribution in [0.2, 0.25) is 0 Å². The first-order valence-electron chi connectivity index (χ1n) is 13.4. The van der Waals surface area contributed by atoms with Gasteiger partial charge in [0.2, 0.25) is 0 Å². The Bertz CT molecular complexity index is 1570. The number of imide groups is 1. The van der Waals surface area contributed by atoms with Gasteiger partial charge in [0, 0.05) is 62.8 Å². The normalized spacial score (nSPS) is 13.1. The number of nitro groups is 1. The lowest BCUT2D eigenvalue weighted by molar-refractivity contribution is -0.384. The molecular formula is C29H29N7O8. The number of non-ortho nitro benzene ring substituents is 1. The maximum Gasteiger partial charge on any atom is 0.333 e. The third-order valence-electron chi connectivity index (χ3n) is 6.45. The van der Waals surface area contributed by atoms with Gasteiger partial charge in [-0.05, 0) is 42.8 Å². The molecule has 1 fully saturated rings. The minimum atomic E-state index is -0.634. The first-order valence-corrected chi connectivity index (χ1v) is 13.4. The summed E-state index contributed by atoms with van der Waals surface area (Å²) in [5.41, 5.74) is 2.58. The lowest BCUT2D eigenvalue weighted by atomic mass is 10.2. The predicted octanol–water partition coefficient (Wildman–Crippen LogP) is 6.27. The van der Waals surface area contributed by atoms with E-state index in [-0.39, 0.29) is 24.9 Å². The fourth-order valence-corrected chi connectivity index (χ4v) is 4.05. The third-order valence-corrected chi connectivity index (χ3v) is 6.45. The minimum absolute atomic E-state index is 0.0487. The number of carbonyl (C=O) groups excluding carboxylic acids is 3. The lowest BCUT2D eigenvalue weighted by Crippen LogP contribution is -2.32. The molecule has 1 heterocycles. The van der Waals surface area contributed by atoms with E-state index in [2.05, 4.69) is 20.5 Å². The van der Waals surface area contributed by atoms with Gasteiger partial charge in [0.1, 0.15) is 22.9 Å². The maximum atomic E-state index is 12.0. The van der Waals surface area contributed by atoms with E-state index in [4.69, 9.17) is 14.3 Å². The summed E-state index contributed by atoms with van der Waals surface area (Å²) in [6.45, 7) is 0.530. The summed E-state index contributed by atoms with van der Waals surface area (Å²) in [6.07, 6.45) is 0.617. The lowest BCUT2D eigenvalue weighted by Gasteiger charge is -2.19. The van der Waals surface area contributed by atoms with Gasteiger partial charge in [-0.2, -0.15) is 10.2 Å². The van der Waals surface area contributed by atoms with E-state index in [0.29, 0.717) is 52.3 Å². The largest absolute Gasteiger partial charge is 0.494 e. The summed E-state index contributed by atoms with van der Waals surface area (Å²) >= 11 is 0. The van der Waals surface area contributed by atoms with E-state index in [9.17, 15) is 24.5 Å². The molecule has 0 spiro atoms. The molecule has 0 aromatic heterocycles. The van der Waals surface area contributed by atoms with Crippen molar-refractivity contribution in [1.82, 2.24) is 5.06 Å². The van der Waals surface area contributed by atoms with Crippen molar-refractivity contribution in [3.63, 3.8) is 0 Å². The fourth-order valence-electron chi connectivity index (χ4n) is 4.05. The summed E-state index contributed by atoms with van der Waals surface area (Å²) in [5, 5.41) is 28.3. The van der Waals surface area contributed by atoms with Crippen molar-refractivity contribution in [1.29, 1.82) is 0 Å². The Labute approximate surface area is 251 Å². The van der Waals surface area contributed by atoms with E-state index >= 15 is 0 Å². The van der Waals surface area contributed by atoms with Crippen LogP contribution < -0.4 is 14.4 Å². The van der Waals surface area contributed by atoms with Crippen LogP contribution in [0, 0.1) is 10.1 Å². The second-order valence-corrected chi connectivity index (χ2v) is 9.46. The molecule has 15 heteroatoms. The molecule has 1 aliphatic heterocycles. The highest BCUT2D eigenvalue weighted by Gasteiger charge is 2.32. The number of rotatable bonds is 13. The maximum absolute atomic E-state index is 12.0.